The van der Waals surface area contributed by atoms with Crippen molar-refractivity contribution in [1.82, 2.24) is 0 Å². The molecular formula is C6H15O9P. The van der Waals surface area contributed by atoms with Gasteiger partial charge >= 0.3 is 8.60 Å². The monoisotopic (exact) mass is 262 g/mol. The summed E-state index contributed by atoms with van der Waals surface area (Å²) in [5.74, 6) is -2.50. The lowest BCUT2D eigenvalue weighted by atomic mass is 10.9. The summed E-state index contributed by atoms with van der Waals surface area (Å²) in [5.41, 5.74) is 0. The van der Waals surface area contributed by atoms with Gasteiger partial charge in [0.2, 0.25) is 0 Å². The highest BCUT2D eigenvalue weighted by Gasteiger charge is 1.76. The molecule has 0 rings (SSSR count). The maximum Gasteiger partial charge on any atom is 0.324 e. The number of carboxylic acids is 3. The molecule has 0 fully saturated rings. The van der Waals surface area contributed by atoms with E-state index in [4.69, 9.17) is 44.4 Å². The normalized spacial score (nSPS) is 6.94. The van der Waals surface area contributed by atoms with Crippen molar-refractivity contribution in [1.29, 1.82) is 0 Å². The highest BCUT2D eigenvalue weighted by molar-refractivity contribution is 7.38. The van der Waals surface area contributed by atoms with Crippen LogP contribution in [-0.2, 0) is 14.4 Å². The van der Waals surface area contributed by atoms with Gasteiger partial charge in [-0.25, -0.2) is 0 Å². The van der Waals surface area contributed by atoms with Gasteiger partial charge in [-0.3, -0.25) is 14.4 Å². The lowest BCUT2D eigenvalue weighted by molar-refractivity contribution is -0.135. The fourth-order valence-corrected chi connectivity index (χ4v) is 0. The fraction of sp³-hybridized carbons (Fsp3) is 0.500. The van der Waals surface area contributed by atoms with Crippen molar-refractivity contribution in [2.75, 3.05) is 0 Å². The first-order chi connectivity index (χ1) is 6.93. The van der Waals surface area contributed by atoms with Crippen LogP contribution in [0, 0.1) is 0 Å². The van der Waals surface area contributed by atoms with Gasteiger partial charge in [0.05, 0.1) is 0 Å². The third-order valence-electron chi connectivity index (χ3n) is 0. The first-order valence-corrected chi connectivity index (χ1v) is 4.58. The van der Waals surface area contributed by atoms with Gasteiger partial charge in [-0.15, -0.1) is 0 Å². The molecule has 98 valence electrons. The zero-order valence-electron chi connectivity index (χ0n) is 8.86. The predicted molar refractivity (Wildman–Crippen MR) is 53.5 cm³/mol. The molecule has 0 atom stereocenters. The Morgan fingerprint density at radius 3 is 0.688 bits per heavy atom. The minimum atomic E-state index is -2.62. The minimum Gasteiger partial charge on any atom is -0.481 e. The van der Waals surface area contributed by atoms with Gasteiger partial charge in [-0.2, -0.15) is 0 Å². The van der Waals surface area contributed by atoms with E-state index >= 15 is 0 Å². The summed E-state index contributed by atoms with van der Waals surface area (Å²) in [5, 5.41) is 22.2. The number of carbonyl (C=O) groups is 3. The molecule has 0 saturated heterocycles. The second kappa shape index (κ2) is 19.3. The molecule has 0 spiro atoms. The van der Waals surface area contributed by atoms with Crippen LogP contribution in [0.4, 0.5) is 0 Å². The molecule has 10 heteroatoms. The Morgan fingerprint density at radius 2 is 0.688 bits per heavy atom. The lowest BCUT2D eigenvalue weighted by Crippen LogP contribution is -1.78. The molecule has 6 N–H and O–H groups in total. The van der Waals surface area contributed by atoms with Crippen LogP contribution in [0.15, 0.2) is 0 Å². The largest absolute Gasteiger partial charge is 0.481 e. The minimum absolute atomic E-state index is 0.833. The highest BCUT2D eigenvalue weighted by Crippen LogP contribution is 2.11. The van der Waals surface area contributed by atoms with E-state index in [1.54, 1.807) is 0 Å². The Hall–Kier alpha value is -1.28. The van der Waals surface area contributed by atoms with E-state index in [9.17, 15) is 0 Å². The molecular weight excluding hydrogens is 247 g/mol. The van der Waals surface area contributed by atoms with Crippen molar-refractivity contribution in [3.8, 4) is 0 Å². The van der Waals surface area contributed by atoms with Crippen LogP contribution in [-0.4, -0.2) is 47.9 Å². The SMILES string of the molecule is CC(=O)O.CC(=O)O.CC(=O)O.OP(O)O. The zero-order chi connectivity index (χ0) is 14.3. The Balaban J connectivity index is -0.0000000600. The third kappa shape index (κ3) is 1070. The molecule has 0 amide bonds. The average Bonchev–Trinajstić information content (AvgIpc) is 1.76. The van der Waals surface area contributed by atoms with Crippen LogP contribution in [0.2, 0.25) is 0 Å². The van der Waals surface area contributed by atoms with Gasteiger partial charge in [-0.1, -0.05) is 0 Å². The van der Waals surface area contributed by atoms with E-state index in [-0.39, 0.29) is 0 Å². The quantitative estimate of drug-likeness (QED) is 0.313. The molecule has 0 aliphatic carbocycles. The van der Waals surface area contributed by atoms with E-state index in [0.717, 1.165) is 20.8 Å². The van der Waals surface area contributed by atoms with Crippen molar-refractivity contribution in [2.24, 2.45) is 0 Å². The number of rotatable bonds is 0. The summed E-state index contributed by atoms with van der Waals surface area (Å²) in [6.45, 7) is 3.25. The van der Waals surface area contributed by atoms with Gasteiger partial charge in [0.25, 0.3) is 17.9 Å². The second-order valence-electron chi connectivity index (χ2n) is 1.83. The predicted octanol–water partition coefficient (Wildman–Crippen LogP) is -0.537. The smallest absolute Gasteiger partial charge is 0.324 e. The Kier molecular flexibility index (Phi) is 29.1. The molecule has 0 aromatic rings. The van der Waals surface area contributed by atoms with Crippen molar-refractivity contribution >= 4 is 26.5 Å². The molecule has 0 aromatic carbocycles. The summed E-state index contributed by atoms with van der Waals surface area (Å²) in [7, 11) is -2.62. The van der Waals surface area contributed by atoms with Crippen LogP contribution in [0.3, 0.4) is 0 Å². The first-order valence-electron chi connectivity index (χ1n) is 3.38. The van der Waals surface area contributed by atoms with E-state index in [1.165, 1.54) is 0 Å². The van der Waals surface area contributed by atoms with Crippen molar-refractivity contribution in [3.05, 3.63) is 0 Å². The van der Waals surface area contributed by atoms with E-state index in [0.29, 0.717) is 0 Å². The second-order valence-corrected chi connectivity index (χ2v) is 2.36. The van der Waals surface area contributed by atoms with E-state index in [2.05, 4.69) is 0 Å². The molecule has 0 saturated carbocycles. The standard InChI is InChI=1S/3C2H4O2.H3O3P/c3*1-2(3)4;1-4(2)3/h3*1H3,(H,3,4);1-3H. The van der Waals surface area contributed by atoms with E-state index in [1.807, 2.05) is 0 Å². The summed E-state index contributed by atoms with van der Waals surface area (Å²) in [4.78, 5) is 48.7. The van der Waals surface area contributed by atoms with Crippen LogP contribution in [0.5, 0.6) is 0 Å². The molecule has 0 aliphatic heterocycles. The highest BCUT2D eigenvalue weighted by atomic mass is 31.2. The maximum absolute atomic E-state index is 9.00. The lowest BCUT2D eigenvalue weighted by Gasteiger charge is -1.76. The van der Waals surface area contributed by atoms with Crippen LogP contribution in [0.25, 0.3) is 0 Å². The van der Waals surface area contributed by atoms with Crippen LogP contribution in [0.1, 0.15) is 20.8 Å². The van der Waals surface area contributed by atoms with Gasteiger partial charge in [0.1, 0.15) is 0 Å². The number of carboxylic acid groups (broad SMARTS) is 3. The molecule has 9 nitrogen and oxygen atoms in total. The van der Waals surface area contributed by atoms with Crippen molar-refractivity contribution in [3.63, 3.8) is 0 Å². The van der Waals surface area contributed by atoms with Crippen molar-refractivity contribution < 1.29 is 44.4 Å². The molecule has 0 heterocycles. The van der Waals surface area contributed by atoms with Gasteiger partial charge in [-0.05, 0) is 0 Å². The van der Waals surface area contributed by atoms with Crippen molar-refractivity contribution in [2.45, 2.75) is 20.8 Å². The summed E-state index contributed by atoms with van der Waals surface area (Å²) >= 11 is 0. The summed E-state index contributed by atoms with van der Waals surface area (Å²) in [6.07, 6.45) is 0. The zero-order valence-corrected chi connectivity index (χ0v) is 9.75. The molecule has 0 aliphatic rings. The molecule has 0 radical (unpaired) electrons. The Bertz CT molecular complexity index is 147. The molecule has 0 aromatic heterocycles. The van der Waals surface area contributed by atoms with Gasteiger partial charge in [0.15, 0.2) is 0 Å². The fourth-order valence-electron chi connectivity index (χ4n) is 0. The maximum atomic E-state index is 9.00. The summed E-state index contributed by atoms with van der Waals surface area (Å²) in [6, 6.07) is 0. The number of hydrogen-bond donors (Lipinski definition) is 6. The van der Waals surface area contributed by atoms with Crippen LogP contribution >= 0.6 is 8.60 Å². The molecule has 16 heavy (non-hydrogen) atoms. The number of hydrogen-bond acceptors (Lipinski definition) is 6. The topological polar surface area (TPSA) is 173 Å². The van der Waals surface area contributed by atoms with E-state index < -0.39 is 26.5 Å². The molecule has 0 bridgehead atoms. The van der Waals surface area contributed by atoms with Gasteiger partial charge < -0.3 is 30.0 Å². The third-order valence-corrected chi connectivity index (χ3v) is 0. The average molecular weight is 262 g/mol. The van der Waals surface area contributed by atoms with Gasteiger partial charge in [0, 0.05) is 20.8 Å². The number of aliphatic carboxylic acids is 3. The molecule has 0 unspecified atom stereocenters. The Labute approximate surface area is 92.6 Å². The van der Waals surface area contributed by atoms with Crippen LogP contribution < -0.4 is 0 Å². The Morgan fingerprint density at radius 1 is 0.688 bits per heavy atom. The summed E-state index contributed by atoms with van der Waals surface area (Å²) < 4.78 is 0. The first kappa shape index (κ1) is 24.1.